The molecule has 0 aliphatic heterocycles. The third kappa shape index (κ3) is 3.33. The molecule has 0 radical (unpaired) electrons. The average Bonchev–Trinajstić information content (AvgIpc) is 2.65. The lowest BCUT2D eigenvalue weighted by Gasteiger charge is -2.25. The van der Waals surface area contributed by atoms with Gasteiger partial charge in [-0.3, -0.25) is 4.68 Å². The maximum absolute atomic E-state index is 10.2. The minimum Gasteiger partial charge on any atom is -0.389 e. The first kappa shape index (κ1) is 15.2. The molecule has 0 saturated heterocycles. The SMILES string of the molecule is CCn1nc(C)c(CNCC(O)(CC)CC)c1C. The molecule has 0 saturated carbocycles. The number of rotatable bonds is 7. The Hall–Kier alpha value is -0.870. The first-order chi connectivity index (χ1) is 8.47. The van der Waals surface area contributed by atoms with Gasteiger partial charge in [0.05, 0.1) is 11.3 Å². The van der Waals surface area contributed by atoms with E-state index in [1.807, 2.05) is 25.5 Å². The van der Waals surface area contributed by atoms with Gasteiger partial charge in [-0.1, -0.05) is 13.8 Å². The fourth-order valence-electron chi connectivity index (χ4n) is 2.22. The van der Waals surface area contributed by atoms with Crippen molar-refractivity contribution in [3.63, 3.8) is 0 Å². The minimum atomic E-state index is -0.581. The molecule has 0 fully saturated rings. The molecule has 0 amide bonds. The van der Waals surface area contributed by atoms with Crippen molar-refractivity contribution >= 4 is 0 Å². The maximum Gasteiger partial charge on any atom is 0.0766 e. The largest absolute Gasteiger partial charge is 0.389 e. The molecule has 0 aliphatic rings. The van der Waals surface area contributed by atoms with Crippen molar-refractivity contribution in [3.8, 4) is 0 Å². The summed E-state index contributed by atoms with van der Waals surface area (Å²) in [6.45, 7) is 12.6. The van der Waals surface area contributed by atoms with Crippen LogP contribution >= 0.6 is 0 Å². The highest BCUT2D eigenvalue weighted by Crippen LogP contribution is 2.15. The summed E-state index contributed by atoms with van der Waals surface area (Å²) in [5.41, 5.74) is 2.98. The lowest BCUT2D eigenvalue weighted by molar-refractivity contribution is 0.0323. The van der Waals surface area contributed by atoms with Gasteiger partial charge >= 0.3 is 0 Å². The van der Waals surface area contributed by atoms with Crippen LogP contribution in [-0.4, -0.2) is 27.0 Å². The molecule has 0 aromatic carbocycles. The molecule has 0 aliphatic carbocycles. The molecular weight excluding hydrogens is 226 g/mol. The minimum absolute atomic E-state index is 0.581. The molecule has 4 nitrogen and oxygen atoms in total. The predicted molar refractivity (Wildman–Crippen MR) is 74.6 cm³/mol. The van der Waals surface area contributed by atoms with Crippen molar-refractivity contribution in [1.82, 2.24) is 15.1 Å². The van der Waals surface area contributed by atoms with E-state index in [1.54, 1.807) is 0 Å². The first-order valence-corrected chi connectivity index (χ1v) is 6.93. The molecule has 4 heteroatoms. The van der Waals surface area contributed by atoms with E-state index in [2.05, 4.69) is 24.3 Å². The quantitative estimate of drug-likeness (QED) is 0.783. The Labute approximate surface area is 110 Å². The number of hydrogen-bond donors (Lipinski definition) is 2. The number of nitrogens with one attached hydrogen (secondary N) is 1. The van der Waals surface area contributed by atoms with Gasteiger partial charge in [0.1, 0.15) is 0 Å². The number of nitrogens with zero attached hydrogens (tertiary/aromatic N) is 2. The number of aliphatic hydroxyl groups is 1. The van der Waals surface area contributed by atoms with Gasteiger partial charge in [-0.05, 0) is 33.6 Å². The molecule has 2 N–H and O–H groups in total. The van der Waals surface area contributed by atoms with E-state index in [9.17, 15) is 5.11 Å². The summed E-state index contributed by atoms with van der Waals surface area (Å²) in [6, 6.07) is 0. The molecule has 1 aromatic rings. The summed E-state index contributed by atoms with van der Waals surface area (Å²) in [5, 5.41) is 18.1. The Morgan fingerprint density at radius 3 is 2.28 bits per heavy atom. The third-order valence-corrected chi connectivity index (χ3v) is 3.90. The second-order valence-electron chi connectivity index (χ2n) is 5.00. The van der Waals surface area contributed by atoms with Crippen LogP contribution in [0.25, 0.3) is 0 Å². The molecule has 0 spiro atoms. The van der Waals surface area contributed by atoms with Crippen molar-refractivity contribution in [2.75, 3.05) is 6.54 Å². The van der Waals surface area contributed by atoms with Gasteiger partial charge in [-0.25, -0.2) is 0 Å². The van der Waals surface area contributed by atoms with Crippen LogP contribution in [0.2, 0.25) is 0 Å². The second-order valence-corrected chi connectivity index (χ2v) is 5.00. The summed E-state index contributed by atoms with van der Waals surface area (Å²) in [6.07, 6.45) is 1.56. The molecule has 0 bridgehead atoms. The van der Waals surface area contributed by atoms with E-state index in [0.717, 1.165) is 31.6 Å². The zero-order valence-electron chi connectivity index (χ0n) is 12.4. The summed E-state index contributed by atoms with van der Waals surface area (Å²) in [7, 11) is 0. The fraction of sp³-hybridized carbons (Fsp3) is 0.786. The van der Waals surface area contributed by atoms with Crippen LogP contribution < -0.4 is 5.32 Å². The average molecular weight is 253 g/mol. The highest BCUT2D eigenvalue weighted by atomic mass is 16.3. The van der Waals surface area contributed by atoms with Crippen molar-refractivity contribution in [2.24, 2.45) is 0 Å². The van der Waals surface area contributed by atoms with Gasteiger partial charge in [0, 0.05) is 30.9 Å². The van der Waals surface area contributed by atoms with Crippen molar-refractivity contribution in [2.45, 2.75) is 66.2 Å². The van der Waals surface area contributed by atoms with Crippen LogP contribution in [0, 0.1) is 13.8 Å². The summed E-state index contributed by atoms with van der Waals surface area (Å²) >= 11 is 0. The molecule has 0 unspecified atom stereocenters. The smallest absolute Gasteiger partial charge is 0.0766 e. The summed E-state index contributed by atoms with van der Waals surface area (Å²) in [5.74, 6) is 0. The Balaban J connectivity index is 2.62. The van der Waals surface area contributed by atoms with E-state index in [1.165, 1.54) is 11.3 Å². The topological polar surface area (TPSA) is 50.1 Å². The van der Waals surface area contributed by atoms with Crippen molar-refractivity contribution < 1.29 is 5.11 Å². The molecule has 1 aromatic heterocycles. The van der Waals surface area contributed by atoms with Crippen molar-refractivity contribution in [1.29, 1.82) is 0 Å². The van der Waals surface area contributed by atoms with Crippen LogP contribution in [-0.2, 0) is 13.1 Å². The Morgan fingerprint density at radius 1 is 1.22 bits per heavy atom. The highest BCUT2D eigenvalue weighted by molar-refractivity contribution is 5.24. The van der Waals surface area contributed by atoms with Gasteiger partial charge in [0.25, 0.3) is 0 Å². The van der Waals surface area contributed by atoms with Crippen molar-refractivity contribution in [3.05, 3.63) is 17.0 Å². The molecule has 0 atom stereocenters. The van der Waals surface area contributed by atoms with Gasteiger partial charge < -0.3 is 10.4 Å². The maximum atomic E-state index is 10.2. The standard InChI is InChI=1S/C14H27N3O/c1-6-14(18,7-2)10-15-9-13-11(4)16-17(8-3)12(13)5/h15,18H,6-10H2,1-5H3. The fourth-order valence-corrected chi connectivity index (χ4v) is 2.22. The van der Waals surface area contributed by atoms with Crippen LogP contribution in [0.1, 0.15) is 50.6 Å². The van der Waals surface area contributed by atoms with Crippen LogP contribution in [0.3, 0.4) is 0 Å². The molecule has 1 heterocycles. The summed E-state index contributed by atoms with van der Waals surface area (Å²) < 4.78 is 2.03. The van der Waals surface area contributed by atoms with E-state index >= 15 is 0 Å². The third-order valence-electron chi connectivity index (χ3n) is 3.90. The zero-order valence-corrected chi connectivity index (χ0v) is 12.4. The summed E-state index contributed by atoms with van der Waals surface area (Å²) in [4.78, 5) is 0. The Kier molecular flexibility index (Phi) is 5.35. The number of aryl methyl sites for hydroxylation is 2. The molecule has 1 rings (SSSR count). The lowest BCUT2D eigenvalue weighted by Crippen LogP contribution is -2.39. The molecule has 104 valence electrons. The van der Waals surface area contributed by atoms with Gasteiger partial charge in [0.15, 0.2) is 0 Å². The normalized spacial score (nSPS) is 12.1. The van der Waals surface area contributed by atoms with Gasteiger partial charge in [-0.2, -0.15) is 5.10 Å². The van der Waals surface area contributed by atoms with E-state index in [0.29, 0.717) is 6.54 Å². The lowest BCUT2D eigenvalue weighted by atomic mass is 9.97. The van der Waals surface area contributed by atoms with E-state index < -0.39 is 5.60 Å². The second kappa shape index (κ2) is 6.34. The number of hydrogen-bond acceptors (Lipinski definition) is 3. The van der Waals surface area contributed by atoms with Gasteiger partial charge in [0.2, 0.25) is 0 Å². The van der Waals surface area contributed by atoms with Gasteiger partial charge in [-0.15, -0.1) is 0 Å². The monoisotopic (exact) mass is 253 g/mol. The van der Waals surface area contributed by atoms with E-state index in [4.69, 9.17) is 0 Å². The molecular formula is C14H27N3O. The first-order valence-electron chi connectivity index (χ1n) is 6.93. The zero-order chi connectivity index (χ0) is 13.8. The predicted octanol–water partition coefficient (Wildman–Crippen LogP) is 2.16. The molecule has 18 heavy (non-hydrogen) atoms. The van der Waals surface area contributed by atoms with Crippen LogP contribution in [0.5, 0.6) is 0 Å². The van der Waals surface area contributed by atoms with Crippen LogP contribution in [0.4, 0.5) is 0 Å². The highest BCUT2D eigenvalue weighted by Gasteiger charge is 2.21. The Bertz CT molecular complexity index is 381. The van der Waals surface area contributed by atoms with Crippen LogP contribution in [0.15, 0.2) is 0 Å². The van der Waals surface area contributed by atoms with E-state index in [-0.39, 0.29) is 0 Å². The number of aromatic nitrogens is 2. The Morgan fingerprint density at radius 2 is 1.83 bits per heavy atom.